The van der Waals surface area contributed by atoms with Crippen molar-refractivity contribution in [2.24, 2.45) is 5.92 Å². The zero-order chi connectivity index (χ0) is 20.3. The lowest BCUT2D eigenvalue weighted by atomic mass is 10.0. The summed E-state index contributed by atoms with van der Waals surface area (Å²) in [7, 11) is 0. The Hall–Kier alpha value is -2.11. The number of hydrogen-bond donors (Lipinski definition) is 2. The number of hydrogen-bond acceptors (Lipinski definition) is 4. The summed E-state index contributed by atoms with van der Waals surface area (Å²) >= 11 is 6.17. The summed E-state index contributed by atoms with van der Waals surface area (Å²) in [6, 6.07) is 8.46. The number of aromatic nitrogens is 1. The molecule has 5 nitrogen and oxygen atoms in total. The fourth-order valence-electron chi connectivity index (χ4n) is 3.74. The third-order valence-electron chi connectivity index (χ3n) is 5.54. The number of carboxylic acids is 1. The lowest BCUT2D eigenvalue weighted by Crippen LogP contribution is -2.23. The van der Waals surface area contributed by atoms with Crippen LogP contribution in [0.1, 0.15) is 48.2 Å². The van der Waals surface area contributed by atoms with E-state index in [1.165, 1.54) is 5.56 Å². The van der Waals surface area contributed by atoms with Crippen LogP contribution >= 0.6 is 11.6 Å². The molecular weight excluding hydrogens is 374 g/mol. The van der Waals surface area contributed by atoms with E-state index in [0.717, 1.165) is 47.0 Å². The fourth-order valence-corrected chi connectivity index (χ4v) is 3.86. The average Bonchev–Trinajstić information content (AvgIpc) is 3.13. The fraction of sp³-hybridized carbons (Fsp3) is 0.455. The summed E-state index contributed by atoms with van der Waals surface area (Å²) < 4.78 is 0. The Labute approximate surface area is 171 Å². The van der Waals surface area contributed by atoms with Crippen molar-refractivity contribution in [2.75, 3.05) is 18.4 Å². The molecule has 1 fully saturated rings. The lowest BCUT2D eigenvalue weighted by molar-refractivity contribution is -0.141. The molecule has 0 aliphatic carbocycles. The molecule has 1 unspecified atom stereocenters. The molecule has 0 radical (unpaired) electrons. The number of pyridine rings is 1. The van der Waals surface area contributed by atoms with Gasteiger partial charge in [0.2, 0.25) is 0 Å². The van der Waals surface area contributed by atoms with Gasteiger partial charge < -0.3 is 10.4 Å². The van der Waals surface area contributed by atoms with Gasteiger partial charge in [-0.05, 0) is 62.1 Å². The quantitative estimate of drug-likeness (QED) is 0.696. The molecule has 2 aromatic rings. The second kappa shape index (κ2) is 8.93. The number of carbonyl (C=O) groups is 1. The van der Waals surface area contributed by atoms with Gasteiger partial charge in [-0.1, -0.05) is 30.7 Å². The molecule has 2 atom stereocenters. The van der Waals surface area contributed by atoms with E-state index in [1.807, 2.05) is 26.1 Å². The predicted molar refractivity (Wildman–Crippen MR) is 113 cm³/mol. The Balaban J connectivity index is 1.73. The maximum Gasteiger partial charge on any atom is 0.307 e. The van der Waals surface area contributed by atoms with Crippen LogP contribution in [0.2, 0.25) is 5.02 Å². The van der Waals surface area contributed by atoms with E-state index < -0.39 is 5.97 Å². The molecule has 0 spiro atoms. The summed E-state index contributed by atoms with van der Waals surface area (Å²) in [6.07, 6.45) is 3.53. The summed E-state index contributed by atoms with van der Waals surface area (Å²) in [5, 5.41) is 13.6. The minimum atomic E-state index is -0.697. The number of nitrogens with one attached hydrogen (secondary N) is 1. The molecule has 0 saturated carbocycles. The number of halogens is 1. The average molecular weight is 402 g/mol. The van der Waals surface area contributed by atoms with Crippen LogP contribution in [0.15, 0.2) is 30.5 Å². The molecular formula is C22H28ClN3O2. The molecule has 2 heterocycles. The highest BCUT2D eigenvalue weighted by molar-refractivity contribution is 6.31. The number of nitrogens with zero attached hydrogens (tertiary/aromatic N) is 2. The standard InChI is InChI=1S/C22H28ClN3O2/c1-4-21(16-5-6-20(23)14(2)9-16)25-19-10-18(15(3)24-11-19)13-26-8-7-17(12-26)22(27)28/h5-6,9-11,17,21,25H,4,7-8,12-13H2,1-3H3,(H,27,28)/t17?,21-/m1/s1. The summed E-state index contributed by atoms with van der Waals surface area (Å²) in [6.45, 7) is 8.33. The number of aliphatic carboxylic acids is 1. The topological polar surface area (TPSA) is 65.5 Å². The Morgan fingerprint density at radius 1 is 1.39 bits per heavy atom. The molecule has 1 aliphatic rings. The van der Waals surface area contributed by atoms with Gasteiger partial charge in [0.15, 0.2) is 0 Å². The van der Waals surface area contributed by atoms with Crippen molar-refractivity contribution in [3.8, 4) is 0 Å². The highest BCUT2D eigenvalue weighted by Crippen LogP contribution is 2.27. The molecule has 1 saturated heterocycles. The highest BCUT2D eigenvalue weighted by atomic mass is 35.5. The number of likely N-dealkylation sites (tertiary alicyclic amines) is 1. The summed E-state index contributed by atoms with van der Waals surface area (Å²) in [4.78, 5) is 18.0. The van der Waals surface area contributed by atoms with E-state index in [9.17, 15) is 9.90 Å². The normalized spacial score (nSPS) is 18.2. The summed E-state index contributed by atoms with van der Waals surface area (Å²) in [5.74, 6) is -0.955. The van der Waals surface area contributed by atoms with Gasteiger partial charge in [0.25, 0.3) is 0 Å². The zero-order valence-electron chi connectivity index (χ0n) is 16.7. The number of anilines is 1. The monoisotopic (exact) mass is 401 g/mol. The number of benzene rings is 1. The van der Waals surface area contributed by atoms with E-state index in [0.29, 0.717) is 13.0 Å². The largest absolute Gasteiger partial charge is 0.481 e. The Bertz CT molecular complexity index is 856. The SMILES string of the molecule is CC[C@@H](Nc1cnc(C)c(CN2CCC(C(=O)O)C2)c1)c1ccc(Cl)c(C)c1. The first-order valence-electron chi connectivity index (χ1n) is 9.80. The van der Waals surface area contributed by atoms with Crippen LogP contribution in [-0.4, -0.2) is 34.0 Å². The van der Waals surface area contributed by atoms with E-state index >= 15 is 0 Å². The van der Waals surface area contributed by atoms with Gasteiger partial charge in [-0.3, -0.25) is 14.7 Å². The van der Waals surface area contributed by atoms with Crippen molar-refractivity contribution in [2.45, 2.75) is 46.2 Å². The summed E-state index contributed by atoms with van der Waals surface area (Å²) in [5.41, 5.74) is 5.38. The maximum atomic E-state index is 11.2. The Morgan fingerprint density at radius 3 is 2.82 bits per heavy atom. The molecule has 0 amide bonds. The van der Waals surface area contributed by atoms with Gasteiger partial charge in [0, 0.05) is 23.8 Å². The van der Waals surface area contributed by atoms with Gasteiger partial charge in [-0.15, -0.1) is 0 Å². The van der Waals surface area contributed by atoms with Crippen molar-refractivity contribution in [3.05, 3.63) is 57.9 Å². The zero-order valence-corrected chi connectivity index (χ0v) is 17.5. The van der Waals surface area contributed by atoms with Crippen molar-refractivity contribution in [1.29, 1.82) is 0 Å². The Kier molecular flexibility index (Phi) is 6.57. The molecule has 1 aromatic carbocycles. The van der Waals surface area contributed by atoms with Crippen molar-refractivity contribution in [1.82, 2.24) is 9.88 Å². The first kappa shape index (κ1) is 20.6. The molecule has 6 heteroatoms. The number of aryl methyl sites for hydroxylation is 2. The molecule has 1 aromatic heterocycles. The second-order valence-corrected chi connectivity index (χ2v) is 8.05. The third-order valence-corrected chi connectivity index (χ3v) is 5.96. The first-order chi connectivity index (χ1) is 13.4. The molecule has 0 bridgehead atoms. The smallest absolute Gasteiger partial charge is 0.307 e. The van der Waals surface area contributed by atoms with Gasteiger partial charge in [0.05, 0.1) is 23.8 Å². The van der Waals surface area contributed by atoms with E-state index in [1.54, 1.807) is 0 Å². The molecule has 3 rings (SSSR count). The van der Waals surface area contributed by atoms with Gasteiger partial charge in [-0.25, -0.2) is 0 Å². The second-order valence-electron chi connectivity index (χ2n) is 7.64. The van der Waals surface area contributed by atoms with Crippen LogP contribution < -0.4 is 5.32 Å². The van der Waals surface area contributed by atoms with Crippen molar-refractivity contribution >= 4 is 23.3 Å². The minimum Gasteiger partial charge on any atom is -0.481 e. The molecule has 28 heavy (non-hydrogen) atoms. The maximum absolute atomic E-state index is 11.2. The van der Waals surface area contributed by atoms with Crippen LogP contribution in [-0.2, 0) is 11.3 Å². The highest BCUT2D eigenvalue weighted by Gasteiger charge is 2.28. The molecule has 1 aliphatic heterocycles. The Morgan fingerprint density at radius 2 is 2.18 bits per heavy atom. The van der Waals surface area contributed by atoms with E-state index in [2.05, 4.69) is 40.3 Å². The van der Waals surface area contributed by atoms with Gasteiger partial charge in [-0.2, -0.15) is 0 Å². The van der Waals surface area contributed by atoms with Crippen LogP contribution in [0, 0.1) is 19.8 Å². The van der Waals surface area contributed by atoms with Crippen LogP contribution in [0.3, 0.4) is 0 Å². The van der Waals surface area contributed by atoms with E-state index in [-0.39, 0.29) is 12.0 Å². The minimum absolute atomic E-state index is 0.177. The third kappa shape index (κ3) is 4.83. The first-order valence-corrected chi connectivity index (χ1v) is 10.2. The number of carboxylic acid groups (broad SMARTS) is 1. The van der Waals surface area contributed by atoms with Gasteiger partial charge >= 0.3 is 5.97 Å². The number of rotatable bonds is 7. The van der Waals surface area contributed by atoms with Crippen LogP contribution in [0.25, 0.3) is 0 Å². The van der Waals surface area contributed by atoms with Crippen LogP contribution in [0.4, 0.5) is 5.69 Å². The molecule has 150 valence electrons. The molecule has 2 N–H and O–H groups in total. The van der Waals surface area contributed by atoms with Crippen molar-refractivity contribution < 1.29 is 9.90 Å². The predicted octanol–water partition coefficient (Wildman–Crippen LogP) is 4.82. The van der Waals surface area contributed by atoms with E-state index in [4.69, 9.17) is 11.6 Å². The van der Waals surface area contributed by atoms with Gasteiger partial charge in [0.1, 0.15) is 0 Å². The van der Waals surface area contributed by atoms with Crippen molar-refractivity contribution in [3.63, 3.8) is 0 Å². The lowest BCUT2D eigenvalue weighted by Gasteiger charge is -2.21. The van der Waals surface area contributed by atoms with Crippen LogP contribution in [0.5, 0.6) is 0 Å².